The molecule has 0 amide bonds. The summed E-state index contributed by atoms with van der Waals surface area (Å²) in [5, 5.41) is 17.8. The van der Waals surface area contributed by atoms with Gasteiger partial charge in [0.1, 0.15) is 11.5 Å². The summed E-state index contributed by atoms with van der Waals surface area (Å²) in [6.07, 6.45) is 4.33. The molecule has 0 spiro atoms. The summed E-state index contributed by atoms with van der Waals surface area (Å²) in [7, 11) is 0. The minimum atomic E-state index is -0.0852. The standard InChI is InChI=1S/C12H8Cl2N2O2/c13-9-4-8(12(17)11(14)5-9)6-15-16-7-10-2-1-3-18-10/h1-7,17H/b15-6+,16-7?. The molecule has 2 rings (SSSR count). The molecule has 4 nitrogen and oxygen atoms in total. The number of halogens is 2. The summed E-state index contributed by atoms with van der Waals surface area (Å²) in [6, 6.07) is 6.47. The maximum Gasteiger partial charge on any atom is 0.146 e. The molecule has 0 saturated carbocycles. The molecule has 0 unspecified atom stereocenters. The van der Waals surface area contributed by atoms with Crippen LogP contribution in [-0.2, 0) is 0 Å². The molecule has 0 fully saturated rings. The number of hydrogen-bond donors (Lipinski definition) is 1. The van der Waals surface area contributed by atoms with Gasteiger partial charge in [0.25, 0.3) is 0 Å². The Balaban J connectivity index is 2.14. The van der Waals surface area contributed by atoms with Crippen molar-refractivity contribution in [3.63, 3.8) is 0 Å². The smallest absolute Gasteiger partial charge is 0.146 e. The monoisotopic (exact) mass is 282 g/mol. The third kappa shape index (κ3) is 3.12. The summed E-state index contributed by atoms with van der Waals surface area (Å²) < 4.78 is 5.03. The summed E-state index contributed by atoms with van der Waals surface area (Å²) in [4.78, 5) is 0. The van der Waals surface area contributed by atoms with Crippen molar-refractivity contribution in [2.24, 2.45) is 10.2 Å². The zero-order valence-corrected chi connectivity index (χ0v) is 10.6. The first-order valence-electron chi connectivity index (χ1n) is 4.95. The minimum Gasteiger partial charge on any atom is -0.506 e. The molecule has 1 aromatic heterocycles. The van der Waals surface area contributed by atoms with E-state index in [1.807, 2.05) is 0 Å². The molecule has 0 aliphatic rings. The van der Waals surface area contributed by atoms with Crippen molar-refractivity contribution in [1.29, 1.82) is 0 Å². The molecule has 0 bridgehead atoms. The van der Waals surface area contributed by atoms with E-state index in [2.05, 4.69) is 10.2 Å². The number of phenolic OH excluding ortho intramolecular Hbond substituents is 1. The lowest BCUT2D eigenvalue weighted by Gasteiger charge is -2.01. The van der Waals surface area contributed by atoms with Gasteiger partial charge in [-0.05, 0) is 24.3 Å². The van der Waals surface area contributed by atoms with Crippen LogP contribution in [0.15, 0.2) is 45.1 Å². The van der Waals surface area contributed by atoms with Crippen molar-refractivity contribution >= 4 is 35.6 Å². The van der Waals surface area contributed by atoms with Crippen molar-refractivity contribution in [1.82, 2.24) is 0 Å². The molecule has 2 aromatic rings. The molecular weight excluding hydrogens is 275 g/mol. The molecule has 0 saturated heterocycles. The molecule has 1 heterocycles. The number of rotatable bonds is 3. The van der Waals surface area contributed by atoms with E-state index in [4.69, 9.17) is 27.6 Å². The molecule has 92 valence electrons. The van der Waals surface area contributed by atoms with Crippen LogP contribution >= 0.6 is 23.2 Å². The van der Waals surface area contributed by atoms with E-state index in [1.165, 1.54) is 30.8 Å². The van der Waals surface area contributed by atoms with E-state index in [1.54, 1.807) is 12.1 Å². The molecule has 1 N–H and O–H groups in total. The van der Waals surface area contributed by atoms with Crippen LogP contribution in [0.5, 0.6) is 5.75 Å². The van der Waals surface area contributed by atoms with Gasteiger partial charge in [0, 0.05) is 10.6 Å². The Morgan fingerprint density at radius 1 is 1.17 bits per heavy atom. The van der Waals surface area contributed by atoms with Gasteiger partial charge in [0.05, 0.1) is 23.7 Å². The van der Waals surface area contributed by atoms with Crippen LogP contribution in [-0.4, -0.2) is 17.5 Å². The second kappa shape index (κ2) is 5.71. The minimum absolute atomic E-state index is 0.0852. The number of benzene rings is 1. The normalized spacial score (nSPS) is 11.7. The maximum absolute atomic E-state index is 9.65. The second-order valence-electron chi connectivity index (χ2n) is 3.33. The highest BCUT2D eigenvalue weighted by molar-refractivity contribution is 6.36. The van der Waals surface area contributed by atoms with Crippen LogP contribution in [0.25, 0.3) is 0 Å². The Morgan fingerprint density at radius 3 is 2.67 bits per heavy atom. The largest absolute Gasteiger partial charge is 0.506 e. The Bertz CT molecular complexity index is 592. The predicted octanol–water partition coefficient (Wildman–Crippen LogP) is 3.75. The van der Waals surface area contributed by atoms with E-state index in [0.29, 0.717) is 16.3 Å². The highest BCUT2D eigenvalue weighted by Gasteiger charge is 2.05. The number of aromatic hydroxyl groups is 1. The molecule has 0 atom stereocenters. The molecular formula is C12H8Cl2N2O2. The van der Waals surface area contributed by atoms with Gasteiger partial charge in [-0.2, -0.15) is 10.2 Å². The fraction of sp³-hybridized carbons (Fsp3) is 0. The third-order valence-corrected chi connectivity index (χ3v) is 2.56. The van der Waals surface area contributed by atoms with Gasteiger partial charge in [-0.15, -0.1) is 0 Å². The van der Waals surface area contributed by atoms with Gasteiger partial charge in [-0.25, -0.2) is 0 Å². The van der Waals surface area contributed by atoms with Crippen LogP contribution in [0.2, 0.25) is 10.0 Å². The van der Waals surface area contributed by atoms with Crippen LogP contribution in [0, 0.1) is 0 Å². The highest BCUT2D eigenvalue weighted by Crippen LogP contribution is 2.29. The number of nitrogens with zero attached hydrogens (tertiary/aromatic N) is 2. The van der Waals surface area contributed by atoms with Crippen molar-refractivity contribution in [3.8, 4) is 5.75 Å². The van der Waals surface area contributed by atoms with Crippen molar-refractivity contribution in [3.05, 3.63) is 51.9 Å². The summed E-state index contributed by atoms with van der Waals surface area (Å²) >= 11 is 11.6. The first-order valence-corrected chi connectivity index (χ1v) is 5.70. The van der Waals surface area contributed by atoms with E-state index in [-0.39, 0.29) is 10.8 Å². The van der Waals surface area contributed by atoms with Gasteiger partial charge >= 0.3 is 0 Å². The van der Waals surface area contributed by atoms with E-state index < -0.39 is 0 Å². The van der Waals surface area contributed by atoms with Crippen LogP contribution in [0.3, 0.4) is 0 Å². The lowest BCUT2D eigenvalue weighted by atomic mass is 10.2. The first-order chi connectivity index (χ1) is 8.66. The Morgan fingerprint density at radius 2 is 1.94 bits per heavy atom. The Hall–Kier alpha value is -1.78. The fourth-order valence-corrected chi connectivity index (χ4v) is 1.74. The zero-order valence-electron chi connectivity index (χ0n) is 9.05. The average molecular weight is 283 g/mol. The van der Waals surface area contributed by atoms with Crippen molar-refractivity contribution in [2.45, 2.75) is 0 Å². The lowest BCUT2D eigenvalue weighted by Crippen LogP contribution is -1.84. The molecule has 1 aromatic carbocycles. The number of hydrogen-bond acceptors (Lipinski definition) is 4. The summed E-state index contributed by atoms with van der Waals surface area (Å²) in [5.74, 6) is 0.499. The quantitative estimate of drug-likeness (QED) is 0.689. The van der Waals surface area contributed by atoms with Gasteiger partial charge in [0.2, 0.25) is 0 Å². The maximum atomic E-state index is 9.65. The van der Waals surface area contributed by atoms with Crippen LogP contribution in [0.4, 0.5) is 0 Å². The SMILES string of the molecule is Oc1c(Cl)cc(Cl)cc1/C=N/N=Cc1ccco1. The predicted molar refractivity (Wildman–Crippen MR) is 72.0 cm³/mol. The van der Waals surface area contributed by atoms with Gasteiger partial charge in [-0.1, -0.05) is 23.2 Å². The molecule has 6 heteroatoms. The first kappa shape index (κ1) is 12.7. The highest BCUT2D eigenvalue weighted by atomic mass is 35.5. The average Bonchev–Trinajstić information content (AvgIpc) is 2.83. The fourth-order valence-electron chi connectivity index (χ4n) is 1.23. The van der Waals surface area contributed by atoms with E-state index in [0.717, 1.165) is 0 Å². The summed E-state index contributed by atoms with van der Waals surface area (Å²) in [6.45, 7) is 0. The van der Waals surface area contributed by atoms with E-state index in [9.17, 15) is 5.11 Å². The topological polar surface area (TPSA) is 58.1 Å². The van der Waals surface area contributed by atoms with Crippen LogP contribution in [0.1, 0.15) is 11.3 Å². The molecule has 18 heavy (non-hydrogen) atoms. The lowest BCUT2D eigenvalue weighted by molar-refractivity contribution is 0.475. The second-order valence-corrected chi connectivity index (χ2v) is 4.17. The van der Waals surface area contributed by atoms with Gasteiger partial charge in [-0.3, -0.25) is 0 Å². The van der Waals surface area contributed by atoms with E-state index >= 15 is 0 Å². The van der Waals surface area contributed by atoms with Gasteiger partial charge in [0.15, 0.2) is 0 Å². The molecule has 0 aliphatic heterocycles. The molecule has 0 radical (unpaired) electrons. The molecule has 0 aliphatic carbocycles. The van der Waals surface area contributed by atoms with Crippen molar-refractivity contribution < 1.29 is 9.52 Å². The Kier molecular flexibility index (Phi) is 4.02. The number of phenols is 1. The van der Waals surface area contributed by atoms with Gasteiger partial charge < -0.3 is 9.52 Å². The zero-order chi connectivity index (χ0) is 13.0. The van der Waals surface area contributed by atoms with Crippen molar-refractivity contribution in [2.75, 3.05) is 0 Å². The third-order valence-electron chi connectivity index (χ3n) is 2.05. The Labute approximate surface area is 113 Å². The van der Waals surface area contributed by atoms with Crippen LogP contribution < -0.4 is 0 Å². The summed E-state index contributed by atoms with van der Waals surface area (Å²) in [5.41, 5.74) is 0.393. The number of furan rings is 1.